The van der Waals surface area contributed by atoms with Crippen molar-refractivity contribution in [3.05, 3.63) is 34.6 Å². The number of urea groups is 1. The van der Waals surface area contributed by atoms with E-state index in [4.69, 9.17) is 0 Å². The number of imide groups is 1. The van der Waals surface area contributed by atoms with Gasteiger partial charge in [0.2, 0.25) is 5.91 Å². The summed E-state index contributed by atoms with van der Waals surface area (Å²) in [6, 6.07) is 6.85. The number of nitrogens with one attached hydrogen (secondary N) is 2. The highest BCUT2D eigenvalue weighted by Gasteiger charge is 2.28. The summed E-state index contributed by atoms with van der Waals surface area (Å²) in [4.78, 5) is 41.1. The molecule has 0 aliphatic heterocycles. The van der Waals surface area contributed by atoms with Crippen molar-refractivity contribution in [2.24, 2.45) is 0 Å². The molecule has 1 aromatic heterocycles. The largest absolute Gasteiger partial charge is 0.335 e. The molecule has 3 amide bonds. The summed E-state index contributed by atoms with van der Waals surface area (Å²) in [5.41, 5.74) is 0.544. The molecule has 1 fully saturated rings. The van der Waals surface area contributed by atoms with Crippen LogP contribution in [0.1, 0.15) is 39.2 Å². The Morgan fingerprint density at radius 2 is 2.08 bits per heavy atom. The van der Waals surface area contributed by atoms with E-state index in [1.807, 2.05) is 26.0 Å². The fraction of sp³-hybridized carbons (Fsp3) is 0.444. The molecule has 1 heterocycles. The third-order valence-corrected chi connectivity index (χ3v) is 5.22. The number of nitrogens with zero attached hydrogens (tertiary/aromatic N) is 2. The van der Waals surface area contributed by atoms with Crippen LogP contribution in [0.4, 0.5) is 4.79 Å². The van der Waals surface area contributed by atoms with Crippen molar-refractivity contribution in [3.63, 3.8) is 0 Å². The van der Waals surface area contributed by atoms with Crippen molar-refractivity contribution in [2.75, 3.05) is 5.75 Å². The molecule has 1 aliphatic rings. The number of hydrogen-bond acceptors (Lipinski definition) is 5. The molecule has 1 atom stereocenters. The van der Waals surface area contributed by atoms with Crippen LogP contribution in [0, 0.1) is 0 Å². The van der Waals surface area contributed by atoms with Crippen molar-refractivity contribution in [1.82, 2.24) is 20.2 Å². The molecule has 138 valence electrons. The second-order valence-electron chi connectivity index (χ2n) is 6.44. The Morgan fingerprint density at radius 1 is 1.35 bits per heavy atom. The molecule has 1 aromatic carbocycles. The van der Waals surface area contributed by atoms with E-state index in [2.05, 4.69) is 15.6 Å². The number of thioether (sulfide) groups is 1. The molecule has 0 unspecified atom stereocenters. The van der Waals surface area contributed by atoms with Gasteiger partial charge in [0.1, 0.15) is 0 Å². The lowest BCUT2D eigenvalue weighted by atomic mass is 10.2. The van der Waals surface area contributed by atoms with E-state index in [9.17, 15) is 14.4 Å². The van der Waals surface area contributed by atoms with E-state index in [0.29, 0.717) is 16.1 Å². The number of hydrogen-bond donors (Lipinski definition) is 2. The molecule has 7 nitrogen and oxygen atoms in total. The molecule has 1 aliphatic carbocycles. The van der Waals surface area contributed by atoms with Gasteiger partial charge in [-0.15, -0.1) is 0 Å². The van der Waals surface area contributed by atoms with E-state index < -0.39 is 11.9 Å². The third-order valence-electron chi connectivity index (χ3n) is 4.26. The molecule has 0 bridgehead atoms. The van der Waals surface area contributed by atoms with Crippen LogP contribution in [-0.2, 0) is 4.79 Å². The van der Waals surface area contributed by atoms with Crippen LogP contribution in [-0.4, -0.2) is 33.3 Å². The maximum atomic E-state index is 12.8. The summed E-state index contributed by atoms with van der Waals surface area (Å²) >= 11 is 1.18. The monoisotopic (exact) mass is 374 g/mol. The Hall–Kier alpha value is -2.35. The van der Waals surface area contributed by atoms with E-state index in [-0.39, 0.29) is 23.4 Å². The zero-order chi connectivity index (χ0) is 18.7. The second-order valence-corrected chi connectivity index (χ2v) is 7.38. The van der Waals surface area contributed by atoms with Gasteiger partial charge in [-0.25, -0.2) is 9.78 Å². The molecule has 2 N–H and O–H groups in total. The molecule has 3 rings (SSSR count). The fourth-order valence-corrected chi connectivity index (χ4v) is 3.40. The summed E-state index contributed by atoms with van der Waals surface area (Å²) < 4.78 is 1.68. The molecule has 0 radical (unpaired) electrons. The first kappa shape index (κ1) is 18.4. The average molecular weight is 374 g/mol. The number of benzene rings is 1. The van der Waals surface area contributed by atoms with Gasteiger partial charge in [-0.3, -0.25) is 19.5 Å². The number of fused-ring (bicyclic) bond motifs is 1. The molecule has 2 aromatic rings. The molecule has 8 heteroatoms. The molecule has 0 saturated heterocycles. The van der Waals surface area contributed by atoms with Gasteiger partial charge < -0.3 is 5.32 Å². The second kappa shape index (κ2) is 7.90. The molecule has 1 saturated carbocycles. The highest BCUT2D eigenvalue weighted by atomic mass is 32.2. The first-order valence-electron chi connectivity index (χ1n) is 8.74. The lowest BCUT2D eigenvalue weighted by Crippen LogP contribution is -2.44. The predicted octanol–water partition coefficient (Wildman–Crippen LogP) is 2.45. The molecule has 26 heavy (non-hydrogen) atoms. The maximum Gasteiger partial charge on any atom is 0.321 e. The van der Waals surface area contributed by atoms with E-state index in [1.54, 1.807) is 16.7 Å². The number of para-hydroxylation sites is 1. The minimum Gasteiger partial charge on any atom is -0.335 e. The highest BCUT2D eigenvalue weighted by Crippen LogP contribution is 2.36. The van der Waals surface area contributed by atoms with Crippen LogP contribution in [0.5, 0.6) is 0 Å². The first-order chi connectivity index (χ1) is 12.5. The Morgan fingerprint density at radius 3 is 2.77 bits per heavy atom. The summed E-state index contributed by atoms with van der Waals surface area (Å²) in [7, 11) is 0. The van der Waals surface area contributed by atoms with Gasteiger partial charge in [0.15, 0.2) is 5.16 Å². The number of carbonyl (C=O) groups is 2. The molecular weight excluding hydrogens is 352 g/mol. The topological polar surface area (TPSA) is 93.1 Å². The van der Waals surface area contributed by atoms with Crippen LogP contribution in [0.3, 0.4) is 0 Å². The van der Waals surface area contributed by atoms with Crippen molar-refractivity contribution in [3.8, 4) is 0 Å². The van der Waals surface area contributed by atoms with Crippen molar-refractivity contribution < 1.29 is 9.59 Å². The summed E-state index contributed by atoms with van der Waals surface area (Å²) in [5.74, 6) is -0.397. The third kappa shape index (κ3) is 4.24. The Balaban J connectivity index is 1.72. The van der Waals surface area contributed by atoms with Crippen LogP contribution >= 0.6 is 11.8 Å². The first-order valence-corrected chi connectivity index (χ1v) is 9.72. The molecular formula is C18H22N4O3S. The number of rotatable bonds is 6. The van der Waals surface area contributed by atoms with Crippen molar-refractivity contribution in [2.45, 2.75) is 50.4 Å². The van der Waals surface area contributed by atoms with Gasteiger partial charge in [0.25, 0.3) is 5.56 Å². The van der Waals surface area contributed by atoms with E-state index in [0.717, 1.165) is 19.3 Å². The highest BCUT2D eigenvalue weighted by molar-refractivity contribution is 7.99. The SMILES string of the molecule is CC[C@@H](C)NC(=O)NC(=O)CSc1nc2ccccc2c(=O)n1C1CC1. The Labute approximate surface area is 155 Å². The lowest BCUT2D eigenvalue weighted by Gasteiger charge is -2.13. The molecule has 0 spiro atoms. The van der Waals surface area contributed by atoms with Crippen LogP contribution in [0.25, 0.3) is 10.9 Å². The van der Waals surface area contributed by atoms with E-state index in [1.165, 1.54) is 11.8 Å². The Bertz CT molecular complexity index is 892. The van der Waals surface area contributed by atoms with Gasteiger partial charge in [-0.1, -0.05) is 30.8 Å². The predicted molar refractivity (Wildman–Crippen MR) is 101 cm³/mol. The number of amides is 3. The zero-order valence-electron chi connectivity index (χ0n) is 14.8. The van der Waals surface area contributed by atoms with E-state index >= 15 is 0 Å². The van der Waals surface area contributed by atoms with Crippen molar-refractivity contribution in [1.29, 1.82) is 0 Å². The number of carbonyl (C=O) groups excluding carboxylic acids is 2. The van der Waals surface area contributed by atoms with Crippen LogP contribution in [0.2, 0.25) is 0 Å². The van der Waals surface area contributed by atoms with Crippen LogP contribution < -0.4 is 16.2 Å². The summed E-state index contributed by atoms with van der Waals surface area (Å²) in [6.45, 7) is 3.82. The Kier molecular flexibility index (Phi) is 5.61. The summed E-state index contributed by atoms with van der Waals surface area (Å²) in [6.07, 6.45) is 2.67. The minimum absolute atomic E-state index is 0.00217. The van der Waals surface area contributed by atoms with Gasteiger partial charge in [-0.2, -0.15) is 0 Å². The van der Waals surface area contributed by atoms with Gasteiger partial charge in [0, 0.05) is 12.1 Å². The zero-order valence-corrected chi connectivity index (χ0v) is 15.6. The lowest BCUT2D eigenvalue weighted by molar-refractivity contribution is -0.117. The van der Waals surface area contributed by atoms with Crippen molar-refractivity contribution >= 4 is 34.6 Å². The maximum absolute atomic E-state index is 12.8. The number of aromatic nitrogens is 2. The van der Waals surface area contributed by atoms with Gasteiger partial charge in [-0.05, 0) is 38.3 Å². The van der Waals surface area contributed by atoms with Crippen LogP contribution in [0.15, 0.2) is 34.2 Å². The van der Waals surface area contributed by atoms with Gasteiger partial charge in [0.05, 0.1) is 16.7 Å². The summed E-state index contributed by atoms with van der Waals surface area (Å²) in [5, 5.41) is 6.09. The normalized spacial score (nSPS) is 14.8. The quantitative estimate of drug-likeness (QED) is 0.598. The smallest absolute Gasteiger partial charge is 0.321 e. The van der Waals surface area contributed by atoms with Gasteiger partial charge >= 0.3 is 6.03 Å². The standard InChI is InChI=1S/C18H22N4O3S/c1-3-11(2)19-17(25)21-15(23)10-26-18-20-14-7-5-4-6-13(14)16(24)22(18)12-8-9-12/h4-7,11-12H,3,8-10H2,1-2H3,(H2,19,21,23,25)/t11-/m1/s1. The average Bonchev–Trinajstić information content (AvgIpc) is 3.44. The fourth-order valence-electron chi connectivity index (χ4n) is 2.54. The minimum atomic E-state index is -0.504.